The Kier molecular flexibility index (Phi) is 8.32. The van der Waals surface area contributed by atoms with E-state index in [0.29, 0.717) is 31.1 Å². The SMILES string of the molecule is CCCN(CC(=O)N(Cc1ccco1)C[C@H]1CCCO1)C(=O)COc1ccccc1. The van der Waals surface area contributed by atoms with Gasteiger partial charge in [-0.15, -0.1) is 0 Å². The first-order valence-electron chi connectivity index (χ1n) is 10.5. The van der Waals surface area contributed by atoms with Gasteiger partial charge in [-0.1, -0.05) is 25.1 Å². The smallest absolute Gasteiger partial charge is 0.260 e. The van der Waals surface area contributed by atoms with E-state index in [1.54, 1.807) is 34.3 Å². The molecular weight excluding hydrogens is 384 g/mol. The Morgan fingerprint density at radius 3 is 2.60 bits per heavy atom. The Morgan fingerprint density at radius 2 is 1.93 bits per heavy atom. The Morgan fingerprint density at radius 1 is 1.10 bits per heavy atom. The first kappa shape index (κ1) is 21.9. The highest BCUT2D eigenvalue weighted by Gasteiger charge is 2.26. The molecule has 0 bridgehead atoms. The highest BCUT2D eigenvalue weighted by Crippen LogP contribution is 2.16. The predicted octanol–water partition coefficient (Wildman–Crippen LogP) is 3.10. The fraction of sp³-hybridized carbons (Fsp3) is 0.478. The number of hydrogen-bond acceptors (Lipinski definition) is 5. The lowest BCUT2D eigenvalue weighted by atomic mass is 10.2. The van der Waals surface area contributed by atoms with Crippen molar-refractivity contribution in [3.8, 4) is 5.75 Å². The normalized spacial score (nSPS) is 15.7. The Labute approximate surface area is 177 Å². The van der Waals surface area contributed by atoms with Gasteiger partial charge in [-0.05, 0) is 43.5 Å². The Hall–Kier alpha value is -2.80. The number of rotatable bonds is 11. The van der Waals surface area contributed by atoms with Gasteiger partial charge in [-0.2, -0.15) is 0 Å². The van der Waals surface area contributed by atoms with Crippen LogP contribution >= 0.6 is 0 Å². The van der Waals surface area contributed by atoms with Gasteiger partial charge in [0.05, 0.1) is 25.5 Å². The van der Waals surface area contributed by atoms with Gasteiger partial charge in [0.2, 0.25) is 5.91 Å². The van der Waals surface area contributed by atoms with Crippen molar-refractivity contribution >= 4 is 11.8 Å². The van der Waals surface area contributed by atoms with Crippen molar-refractivity contribution in [2.24, 2.45) is 0 Å². The van der Waals surface area contributed by atoms with Gasteiger partial charge in [-0.25, -0.2) is 0 Å². The third kappa shape index (κ3) is 6.62. The van der Waals surface area contributed by atoms with E-state index in [-0.39, 0.29) is 31.1 Å². The van der Waals surface area contributed by atoms with Crippen LogP contribution in [0, 0.1) is 0 Å². The molecule has 7 heteroatoms. The zero-order valence-electron chi connectivity index (χ0n) is 17.5. The lowest BCUT2D eigenvalue weighted by Crippen LogP contribution is -2.46. The number of hydrogen-bond donors (Lipinski definition) is 0. The van der Waals surface area contributed by atoms with Crippen molar-refractivity contribution in [2.45, 2.75) is 38.8 Å². The molecule has 0 unspecified atom stereocenters. The molecule has 162 valence electrons. The summed E-state index contributed by atoms with van der Waals surface area (Å²) in [5, 5.41) is 0. The average molecular weight is 415 g/mol. The fourth-order valence-corrected chi connectivity index (χ4v) is 3.46. The summed E-state index contributed by atoms with van der Waals surface area (Å²) in [5.74, 6) is 1.01. The van der Waals surface area contributed by atoms with Crippen LogP contribution in [0.3, 0.4) is 0 Å². The molecule has 2 aromatic rings. The number of nitrogens with zero attached hydrogens (tertiary/aromatic N) is 2. The number of benzene rings is 1. The van der Waals surface area contributed by atoms with Crippen LogP contribution in [-0.2, 0) is 20.9 Å². The van der Waals surface area contributed by atoms with E-state index >= 15 is 0 Å². The molecule has 7 nitrogen and oxygen atoms in total. The standard InChI is InChI=1S/C23H30N2O5/c1-2-12-24(23(27)18-30-19-8-4-3-5-9-19)17-22(26)25(15-20-10-6-13-28-20)16-21-11-7-14-29-21/h3-6,8-10,13,21H,2,7,11-12,14-18H2,1H3/t21-/m1/s1. The second-order valence-electron chi connectivity index (χ2n) is 7.41. The molecule has 1 aromatic heterocycles. The first-order chi connectivity index (χ1) is 14.7. The Balaban J connectivity index is 1.61. The number of furan rings is 1. The highest BCUT2D eigenvalue weighted by molar-refractivity contribution is 5.85. The third-order valence-electron chi connectivity index (χ3n) is 5.01. The molecule has 2 heterocycles. The summed E-state index contributed by atoms with van der Waals surface area (Å²) in [7, 11) is 0. The fourth-order valence-electron chi connectivity index (χ4n) is 3.46. The van der Waals surface area contributed by atoms with Crippen LogP contribution in [0.2, 0.25) is 0 Å². The second kappa shape index (κ2) is 11.4. The molecule has 2 amide bonds. The van der Waals surface area contributed by atoms with Crippen LogP contribution in [0.25, 0.3) is 0 Å². The zero-order chi connectivity index (χ0) is 21.2. The van der Waals surface area contributed by atoms with Gasteiger partial charge < -0.3 is 23.7 Å². The molecule has 1 aliphatic rings. The molecule has 0 spiro atoms. The molecule has 1 aliphatic heterocycles. The summed E-state index contributed by atoms with van der Waals surface area (Å²) >= 11 is 0. The van der Waals surface area contributed by atoms with E-state index in [2.05, 4.69) is 0 Å². The lowest BCUT2D eigenvalue weighted by molar-refractivity contribution is -0.143. The number of ether oxygens (including phenoxy) is 2. The summed E-state index contributed by atoms with van der Waals surface area (Å²) < 4.78 is 16.7. The maximum absolute atomic E-state index is 13.1. The van der Waals surface area contributed by atoms with Gasteiger partial charge in [0.25, 0.3) is 5.91 Å². The maximum atomic E-state index is 13.1. The summed E-state index contributed by atoms with van der Waals surface area (Å²) in [6.45, 7) is 3.98. The number of carbonyl (C=O) groups excluding carboxylic acids is 2. The van der Waals surface area contributed by atoms with Crippen LogP contribution in [-0.4, -0.2) is 60.6 Å². The van der Waals surface area contributed by atoms with Gasteiger partial charge in [0, 0.05) is 19.7 Å². The maximum Gasteiger partial charge on any atom is 0.260 e. The zero-order valence-corrected chi connectivity index (χ0v) is 17.5. The highest BCUT2D eigenvalue weighted by atomic mass is 16.5. The van der Waals surface area contributed by atoms with Gasteiger partial charge in [-0.3, -0.25) is 9.59 Å². The topological polar surface area (TPSA) is 72.2 Å². The van der Waals surface area contributed by atoms with Gasteiger partial charge >= 0.3 is 0 Å². The molecular formula is C23H30N2O5. The van der Waals surface area contributed by atoms with Crippen LogP contribution in [0.4, 0.5) is 0 Å². The Bertz CT molecular complexity index is 772. The minimum absolute atomic E-state index is 0.0122. The van der Waals surface area contributed by atoms with Crippen LogP contribution in [0.15, 0.2) is 53.1 Å². The predicted molar refractivity (Wildman–Crippen MR) is 112 cm³/mol. The number of amides is 2. The summed E-state index contributed by atoms with van der Waals surface area (Å²) in [5.41, 5.74) is 0. The molecule has 3 rings (SSSR count). The van der Waals surface area contributed by atoms with E-state index in [9.17, 15) is 9.59 Å². The molecule has 0 N–H and O–H groups in total. The quantitative estimate of drug-likeness (QED) is 0.565. The molecule has 1 saturated heterocycles. The van der Waals surface area contributed by atoms with Crippen LogP contribution < -0.4 is 4.74 Å². The summed E-state index contributed by atoms with van der Waals surface area (Å²) in [4.78, 5) is 29.1. The van der Waals surface area contributed by atoms with Crippen LogP contribution in [0.5, 0.6) is 5.75 Å². The summed E-state index contributed by atoms with van der Waals surface area (Å²) in [6, 6.07) is 12.8. The number of carbonyl (C=O) groups is 2. The molecule has 0 aliphatic carbocycles. The average Bonchev–Trinajstić information content (AvgIpc) is 3.46. The lowest BCUT2D eigenvalue weighted by Gasteiger charge is -2.28. The van der Waals surface area contributed by atoms with Crippen molar-refractivity contribution in [1.82, 2.24) is 9.80 Å². The molecule has 30 heavy (non-hydrogen) atoms. The largest absolute Gasteiger partial charge is 0.484 e. The van der Waals surface area contributed by atoms with E-state index < -0.39 is 0 Å². The van der Waals surface area contributed by atoms with Crippen molar-refractivity contribution in [3.63, 3.8) is 0 Å². The first-order valence-corrected chi connectivity index (χ1v) is 10.5. The molecule has 0 radical (unpaired) electrons. The third-order valence-corrected chi connectivity index (χ3v) is 5.01. The minimum Gasteiger partial charge on any atom is -0.484 e. The van der Waals surface area contributed by atoms with E-state index in [0.717, 1.165) is 25.9 Å². The molecule has 1 aromatic carbocycles. The molecule has 1 atom stereocenters. The number of para-hydroxylation sites is 1. The van der Waals surface area contributed by atoms with Crippen molar-refractivity contribution in [3.05, 3.63) is 54.5 Å². The van der Waals surface area contributed by atoms with Crippen LogP contribution in [0.1, 0.15) is 31.9 Å². The monoisotopic (exact) mass is 414 g/mol. The summed E-state index contributed by atoms with van der Waals surface area (Å²) in [6.07, 6.45) is 4.32. The molecule has 0 saturated carbocycles. The van der Waals surface area contributed by atoms with Gasteiger partial charge in [0.15, 0.2) is 6.61 Å². The van der Waals surface area contributed by atoms with Gasteiger partial charge in [0.1, 0.15) is 11.5 Å². The minimum atomic E-state index is -0.205. The van der Waals surface area contributed by atoms with Crippen molar-refractivity contribution in [2.75, 3.05) is 32.8 Å². The second-order valence-corrected chi connectivity index (χ2v) is 7.41. The van der Waals surface area contributed by atoms with Crippen molar-refractivity contribution < 1.29 is 23.5 Å². The molecule has 1 fully saturated rings. The van der Waals surface area contributed by atoms with Crippen molar-refractivity contribution in [1.29, 1.82) is 0 Å². The van der Waals surface area contributed by atoms with E-state index in [1.165, 1.54) is 0 Å². The van der Waals surface area contributed by atoms with E-state index in [1.807, 2.05) is 31.2 Å². The van der Waals surface area contributed by atoms with E-state index in [4.69, 9.17) is 13.9 Å².